The third kappa shape index (κ3) is 4.41. The van der Waals surface area contributed by atoms with Crippen LogP contribution in [-0.2, 0) is 5.60 Å². The van der Waals surface area contributed by atoms with Gasteiger partial charge < -0.3 is 20.2 Å². The summed E-state index contributed by atoms with van der Waals surface area (Å²) in [6.45, 7) is 1.74. The Morgan fingerprint density at radius 1 is 1.52 bits per heavy atom. The summed E-state index contributed by atoms with van der Waals surface area (Å²) in [4.78, 5) is 12.0. The second-order valence-electron chi connectivity index (χ2n) is 5.74. The maximum Gasteiger partial charge on any atom is 0.315 e. The second kappa shape index (κ2) is 7.22. The summed E-state index contributed by atoms with van der Waals surface area (Å²) in [6, 6.07) is 3.40. The van der Waals surface area contributed by atoms with Crippen molar-refractivity contribution in [3.63, 3.8) is 0 Å². The summed E-state index contributed by atoms with van der Waals surface area (Å²) in [5.41, 5.74) is -1.20. The lowest BCUT2D eigenvalue weighted by Crippen LogP contribution is -2.50. The first-order chi connectivity index (χ1) is 10.0. The van der Waals surface area contributed by atoms with E-state index in [0.29, 0.717) is 11.0 Å². The summed E-state index contributed by atoms with van der Waals surface area (Å²) in [7, 11) is 0. The lowest BCUT2D eigenvalue weighted by molar-refractivity contribution is 0.0366. The number of aliphatic hydroxyl groups is 1. The first-order valence-electron chi connectivity index (χ1n) is 7.36. The summed E-state index contributed by atoms with van der Waals surface area (Å²) in [5, 5.41) is 16.5. The SMILES string of the molecule is CSC1CCCCC1NC(=O)NCC(C)(O)c1ccco1. The third-order valence-electron chi connectivity index (χ3n) is 3.97. The van der Waals surface area contributed by atoms with Crippen LogP contribution in [0.15, 0.2) is 22.8 Å². The molecule has 118 valence electrons. The van der Waals surface area contributed by atoms with Crippen molar-refractivity contribution in [1.82, 2.24) is 10.6 Å². The van der Waals surface area contributed by atoms with Gasteiger partial charge in [0.15, 0.2) is 0 Å². The molecule has 1 aromatic heterocycles. The van der Waals surface area contributed by atoms with E-state index in [9.17, 15) is 9.90 Å². The van der Waals surface area contributed by atoms with E-state index in [-0.39, 0.29) is 18.6 Å². The molecule has 1 aliphatic carbocycles. The average Bonchev–Trinajstić information content (AvgIpc) is 3.01. The predicted octanol–water partition coefficient (Wildman–Crippen LogP) is 2.46. The molecule has 0 aliphatic heterocycles. The topological polar surface area (TPSA) is 74.5 Å². The first-order valence-corrected chi connectivity index (χ1v) is 8.65. The number of nitrogens with one attached hydrogen (secondary N) is 2. The maximum atomic E-state index is 12.0. The van der Waals surface area contributed by atoms with Gasteiger partial charge in [0.05, 0.1) is 12.8 Å². The first kappa shape index (κ1) is 16.2. The fraction of sp³-hybridized carbons (Fsp3) is 0.667. The molecule has 1 aliphatic rings. The Kier molecular flexibility index (Phi) is 5.58. The van der Waals surface area contributed by atoms with E-state index in [1.807, 2.05) is 11.8 Å². The number of carbonyl (C=O) groups excluding carboxylic acids is 1. The minimum absolute atomic E-state index is 0.114. The number of amides is 2. The molecular formula is C15H24N2O3S. The Hall–Kier alpha value is -1.14. The minimum atomic E-state index is -1.20. The van der Waals surface area contributed by atoms with Crippen LogP contribution in [0.1, 0.15) is 38.4 Å². The molecule has 2 rings (SSSR count). The van der Waals surface area contributed by atoms with Crippen LogP contribution in [0.5, 0.6) is 0 Å². The number of furan rings is 1. The van der Waals surface area contributed by atoms with Gasteiger partial charge in [-0.15, -0.1) is 0 Å². The Balaban J connectivity index is 1.82. The summed E-state index contributed by atoms with van der Waals surface area (Å²) >= 11 is 1.81. The molecule has 1 fully saturated rings. The van der Waals surface area contributed by atoms with Crippen molar-refractivity contribution >= 4 is 17.8 Å². The van der Waals surface area contributed by atoms with E-state index >= 15 is 0 Å². The Labute approximate surface area is 129 Å². The fourth-order valence-electron chi connectivity index (χ4n) is 2.69. The highest BCUT2D eigenvalue weighted by molar-refractivity contribution is 7.99. The molecule has 1 heterocycles. The molecule has 0 aromatic carbocycles. The molecular weight excluding hydrogens is 288 g/mol. The number of thioether (sulfide) groups is 1. The van der Waals surface area contributed by atoms with Crippen LogP contribution >= 0.6 is 11.8 Å². The minimum Gasteiger partial charge on any atom is -0.466 e. The van der Waals surface area contributed by atoms with Gasteiger partial charge in [-0.25, -0.2) is 4.79 Å². The van der Waals surface area contributed by atoms with Crippen molar-refractivity contribution in [3.05, 3.63) is 24.2 Å². The highest BCUT2D eigenvalue weighted by Crippen LogP contribution is 2.27. The van der Waals surface area contributed by atoms with E-state index in [1.165, 1.54) is 12.7 Å². The Morgan fingerprint density at radius 2 is 2.29 bits per heavy atom. The van der Waals surface area contributed by atoms with E-state index in [4.69, 9.17) is 4.42 Å². The van der Waals surface area contributed by atoms with Gasteiger partial charge in [-0.05, 0) is 38.2 Å². The molecule has 0 saturated heterocycles. The predicted molar refractivity (Wildman–Crippen MR) is 84.4 cm³/mol. The average molecular weight is 312 g/mol. The number of hydrogen-bond acceptors (Lipinski definition) is 4. The quantitative estimate of drug-likeness (QED) is 0.781. The largest absolute Gasteiger partial charge is 0.466 e. The standard InChI is InChI=1S/C15H24N2O3S/c1-15(19,13-8-5-9-20-13)10-16-14(18)17-11-6-3-4-7-12(11)21-2/h5,8-9,11-12,19H,3-4,6-7,10H2,1-2H3,(H2,16,17,18). The summed E-state index contributed by atoms with van der Waals surface area (Å²) in [5.74, 6) is 0.447. The van der Waals surface area contributed by atoms with E-state index < -0.39 is 5.60 Å². The Bertz CT molecular complexity index is 448. The van der Waals surface area contributed by atoms with Gasteiger partial charge in [-0.1, -0.05) is 12.8 Å². The number of rotatable bonds is 5. The van der Waals surface area contributed by atoms with Crippen molar-refractivity contribution in [1.29, 1.82) is 0 Å². The van der Waals surface area contributed by atoms with E-state index in [0.717, 1.165) is 19.3 Å². The lowest BCUT2D eigenvalue weighted by Gasteiger charge is -2.31. The smallest absolute Gasteiger partial charge is 0.315 e. The van der Waals surface area contributed by atoms with E-state index in [2.05, 4.69) is 16.9 Å². The van der Waals surface area contributed by atoms with Crippen molar-refractivity contribution in [2.75, 3.05) is 12.8 Å². The molecule has 1 aromatic rings. The normalized spacial score (nSPS) is 25.1. The number of hydrogen-bond donors (Lipinski definition) is 3. The molecule has 3 unspecified atom stereocenters. The van der Waals surface area contributed by atoms with Crippen molar-refractivity contribution in [2.24, 2.45) is 0 Å². The van der Waals surface area contributed by atoms with Gasteiger partial charge in [-0.2, -0.15) is 11.8 Å². The molecule has 5 nitrogen and oxygen atoms in total. The maximum absolute atomic E-state index is 12.0. The fourth-order valence-corrected chi connectivity index (χ4v) is 3.62. The number of urea groups is 1. The summed E-state index contributed by atoms with van der Waals surface area (Å²) < 4.78 is 5.19. The molecule has 21 heavy (non-hydrogen) atoms. The zero-order chi connectivity index (χ0) is 15.3. The van der Waals surface area contributed by atoms with Gasteiger partial charge in [0.25, 0.3) is 0 Å². The van der Waals surface area contributed by atoms with Crippen LogP contribution in [0.4, 0.5) is 4.79 Å². The van der Waals surface area contributed by atoms with Crippen molar-refractivity contribution in [3.8, 4) is 0 Å². The van der Waals surface area contributed by atoms with Crippen LogP contribution in [0.25, 0.3) is 0 Å². The molecule has 0 radical (unpaired) electrons. The lowest BCUT2D eigenvalue weighted by atomic mass is 9.95. The molecule has 1 saturated carbocycles. The van der Waals surface area contributed by atoms with Gasteiger partial charge in [0, 0.05) is 11.3 Å². The van der Waals surface area contributed by atoms with Crippen LogP contribution in [-0.4, -0.2) is 35.2 Å². The highest BCUT2D eigenvalue weighted by Gasteiger charge is 2.29. The molecule has 3 atom stereocenters. The zero-order valence-corrected chi connectivity index (χ0v) is 13.4. The third-order valence-corrected chi connectivity index (χ3v) is 5.14. The van der Waals surface area contributed by atoms with Crippen LogP contribution in [0.3, 0.4) is 0 Å². The van der Waals surface area contributed by atoms with Crippen LogP contribution in [0, 0.1) is 0 Å². The van der Waals surface area contributed by atoms with E-state index in [1.54, 1.807) is 19.1 Å². The number of carbonyl (C=O) groups is 1. The Morgan fingerprint density at radius 3 is 2.95 bits per heavy atom. The van der Waals surface area contributed by atoms with Gasteiger partial charge in [0.2, 0.25) is 0 Å². The van der Waals surface area contributed by atoms with Crippen molar-refractivity contribution in [2.45, 2.75) is 49.5 Å². The van der Waals surface area contributed by atoms with Gasteiger partial charge in [-0.3, -0.25) is 0 Å². The van der Waals surface area contributed by atoms with Crippen LogP contribution in [0.2, 0.25) is 0 Å². The van der Waals surface area contributed by atoms with Crippen molar-refractivity contribution < 1.29 is 14.3 Å². The van der Waals surface area contributed by atoms with Crippen LogP contribution < -0.4 is 10.6 Å². The second-order valence-corrected chi connectivity index (χ2v) is 6.82. The molecule has 0 bridgehead atoms. The molecule has 2 amide bonds. The summed E-state index contributed by atoms with van der Waals surface area (Å²) in [6.07, 6.45) is 8.16. The molecule has 0 spiro atoms. The monoisotopic (exact) mass is 312 g/mol. The molecule has 3 N–H and O–H groups in total. The van der Waals surface area contributed by atoms with Gasteiger partial charge >= 0.3 is 6.03 Å². The zero-order valence-electron chi connectivity index (χ0n) is 12.6. The highest BCUT2D eigenvalue weighted by atomic mass is 32.2. The molecule has 6 heteroatoms. The van der Waals surface area contributed by atoms with Gasteiger partial charge in [0.1, 0.15) is 11.4 Å².